The number of methoxy groups -OCH3 is 1. The third-order valence-corrected chi connectivity index (χ3v) is 3.91. The summed E-state index contributed by atoms with van der Waals surface area (Å²) >= 11 is 18.1. The predicted octanol–water partition coefficient (Wildman–Crippen LogP) is 4.70. The lowest BCUT2D eigenvalue weighted by molar-refractivity contribution is 0.414. The van der Waals surface area contributed by atoms with E-state index in [4.69, 9.17) is 45.3 Å². The van der Waals surface area contributed by atoms with Gasteiger partial charge in [0.1, 0.15) is 5.75 Å². The maximum absolute atomic E-state index is 6.20. The van der Waals surface area contributed by atoms with Gasteiger partial charge in [0, 0.05) is 5.02 Å². The second kappa shape index (κ2) is 6.02. The molecule has 2 nitrogen and oxygen atoms in total. The summed E-state index contributed by atoms with van der Waals surface area (Å²) in [6.07, 6.45) is 0. The Morgan fingerprint density at radius 2 is 1.68 bits per heavy atom. The van der Waals surface area contributed by atoms with Gasteiger partial charge in [0.15, 0.2) is 0 Å². The van der Waals surface area contributed by atoms with E-state index in [0.29, 0.717) is 20.8 Å². The molecule has 2 rings (SSSR count). The highest BCUT2D eigenvalue weighted by Crippen LogP contribution is 2.32. The molecule has 19 heavy (non-hydrogen) atoms. The molecule has 0 bridgehead atoms. The van der Waals surface area contributed by atoms with Crippen LogP contribution in [0.25, 0.3) is 0 Å². The van der Waals surface area contributed by atoms with Gasteiger partial charge >= 0.3 is 0 Å². The Kier molecular flexibility index (Phi) is 4.58. The first-order valence-corrected chi connectivity index (χ1v) is 6.70. The van der Waals surface area contributed by atoms with Crippen molar-refractivity contribution in [2.75, 3.05) is 7.11 Å². The van der Waals surface area contributed by atoms with Crippen LogP contribution >= 0.6 is 34.8 Å². The normalized spacial score (nSPS) is 12.3. The third kappa shape index (κ3) is 3.15. The number of ether oxygens (including phenoxy) is 1. The molecule has 0 aliphatic heterocycles. The molecular weight excluding hydrogens is 305 g/mol. The Hall–Kier alpha value is -0.930. The Balaban J connectivity index is 2.38. The van der Waals surface area contributed by atoms with E-state index >= 15 is 0 Å². The largest absolute Gasteiger partial charge is 0.497 e. The fourth-order valence-electron chi connectivity index (χ4n) is 1.77. The zero-order valence-electron chi connectivity index (χ0n) is 10.2. The summed E-state index contributed by atoms with van der Waals surface area (Å²) in [5, 5.41) is 1.52. The van der Waals surface area contributed by atoms with Gasteiger partial charge in [-0.3, -0.25) is 0 Å². The van der Waals surface area contributed by atoms with E-state index in [0.717, 1.165) is 11.1 Å². The van der Waals surface area contributed by atoms with Crippen LogP contribution in [-0.4, -0.2) is 7.11 Å². The molecule has 1 atom stereocenters. The van der Waals surface area contributed by atoms with Gasteiger partial charge in [0.25, 0.3) is 0 Å². The van der Waals surface area contributed by atoms with Crippen molar-refractivity contribution < 1.29 is 4.74 Å². The highest BCUT2D eigenvalue weighted by atomic mass is 35.5. The molecule has 2 N–H and O–H groups in total. The Morgan fingerprint density at radius 3 is 2.26 bits per heavy atom. The highest BCUT2D eigenvalue weighted by Gasteiger charge is 2.14. The number of hydrogen-bond acceptors (Lipinski definition) is 2. The minimum atomic E-state index is -0.367. The van der Waals surface area contributed by atoms with Crippen LogP contribution in [0.4, 0.5) is 0 Å². The smallest absolute Gasteiger partial charge is 0.120 e. The van der Waals surface area contributed by atoms with Gasteiger partial charge in [-0.25, -0.2) is 0 Å². The quantitative estimate of drug-likeness (QED) is 0.890. The fourth-order valence-corrected chi connectivity index (χ4v) is 2.37. The second-order valence-corrected chi connectivity index (χ2v) is 5.26. The maximum atomic E-state index is 6.20. The van der Waals surface area contributed by atoms with E-state index in [1.165, 1.54) is 0 Å². The van der Waals surface area contributed by atoms with Crippen molar-refractivity contribution in [3.63, 3.8) is 0 Å². The fraction of sp³-hybridized carbons (Fsp3) is 0.143. The van der Waals surface area contributed by atoms with Crippen molar-refractivity contribution in [2.24, 2.45) is 5.73 Å². The monoisotopic (exact) mass is 315 g/mol. The highest BCUT2D eigenvalue weighted by molar-refractivity contribution is 6.42. The number of nitrogens with two attached hydrogens (primary N) is 1. The molecule has 0 aromatic heterocycles. The summed E-state index contributed by atoms with van der Waals surface area (Å²) < 4.78 is 5.11. The minimum absolute atomic E-state index is 0.367. The maximum Gasteiger partial charge on any atom is 0.120 e. The lowest BCUT2D eigenvalue weighted by Gasteiger charge is -2.15. The molecule has 0 radical (unpaired) electrons. The molecule has 0 amide bonds. The molecule has 0 saturated heterocycles. The number of halogens is 3. The average Bonchev–Trinajstić information content (AvgIpc) is 2.41. The van der Waals surface area contributed by atoms with Crippen molar-refractivity contribution in [1.82, 2.24) is 0 Å². The molecule has 2 aromatic rings. The lowest BCUT2D eigenvalue weighted by atomic mass is 9.99. The van der Waals surface area contributed by atoms with E-state index in [1.807, 2.05) is 18.2 Å². The van der Waals surface area contributed by atoms with E-state index < -0.39 is 0 Å². The number of rotatable bonds is 3. The van der Waals surface area contributed by atoms with Crippen LogP contribution in [-0.2, 0) is 0 Å². The van der Waals surface area contributed by atoms with Gasteiger partial charge in [0.05, 0.1) is 23.2 Å². The van der Waals surface area contributed by atoms with Gasteiger partial charge in [-0.2, -0.15) is 0 Å². The third-order valence-electron chi connectivity index (χ3n) is 2.85. The van der Waals surface area contributed by atoms with Gasteiger partial charge < -0.3 is 10.5 Å². The average molecular weight is 317 g/mol. The minimum Gasteiger partial charge on any atom is -0.497 e. The first kappa shape index (κ1) is 14.5. The topological polar surface area (TPSA) is 35.2 Å². The summed E-state index contributed by atoms with van der Waals surface area (Å²) in [5.41, 5.74) is 7.86. The van der Waals surface area contributed by atoms with Crippen LogP contribution in [0.15, 0.2) is 36.4 Å². The number of benzene rings is 2. The molecular formula is C14H12Cl3NO. The summed E-state index contributed by atoms with van der Waals surface area (Å²) in [6.45, 7) is 0. The summed E-state index contributed by atoms with van der Waals surface area (Å²) in [5.74, 6) is 0.690. The Labute approximate surface area is 127 Å². The van der Waals surface area contributed by atoms with Crippen LogP contribution in [0.1, 0.15) is 17.2 Å². The van der Waals surface area contributed by atoms with Crippen LogP contribution in [0.5, 0.6) is 5.75 Å². The van der Waals surface area contributed by atoms with E-state index in [1.54, 1.807) is 25.3 Å². The van der Waals surface area contributed by atoms with Crippen LogP contribution in [0, 0.1) is 0 Å². The zero-order chi connectivity index (χ0) is 14.0. The first-order chi connectivity index (χ1) is 9.02. The molecule has 0 aliphatic carbocycles. The second-order valence-electron chi connectivity index (χ2n) is 4.04. The van der Waals surface area contributed by atoms with E-state index in [9.17, 15) is 0 Å². The van der Waals surface area contributed by atoms with Gasteiger partial charge in [-0.15, -0.1) is 0 Å². The number of hydrogen-bond donors (Lipinski definition) is 1. The van der Waals surface area contributed by atoms with E-state index in [-0.39, 0.29) is 6.04 Å². The zero-order valence-corrected chi connectivity index (χ0v) is 12.4. The van der Waals surface area contributed by atoms with Crippen molar-refractivity contribution in [3.05, 3.63) is 62.6 Å². The molecule has 5 heteroatoms. The standard InChI is InChI=1S/C14H12Cl3NO/c1-19-9-3-4-10(12(16)7-9)14(18)8-2-5-11(15)13(17)6-8/h2-7,14H,18H2,1H3. The van der Waals surface area contributed by atoms with Crippen LogP contribution < -0.4 is 10.5 Å². The van der Waals surface area contributed by atoms with Gasteiger partial charge in [0.2, 0.25) is 0 Å². The molecule has 0 fully saturated rings. The van der Waals surface area contributed by atoms with Crippen LogP contribution in [0.3, 0.4) is 0 Å². The van der Waals surface area contributed by atoms with Gasteiger partial charge in [-0.05, 0) is 35.4 Å². The SMILES string of the molecule is COc1ccc(C(N)c2ccc(Cl)c(Cl)c2)c(Cl)c1. The lowest BCUT2D eigenvalue weighted by Crippen LogP contribution is -2.12. The van der Waals surface area contributed by atoms with Crippen molar-refractivity contribution in [2.45, 2.75) is 6.04 Å². The first-order valence-electron chi connectivity index (χ1n) is 5.57. The molecule has 0 heterocycles. The van der Waals surface area contributed by atoms with Crippen molar-refractivity contribution in [3.8, 4) is 5.75 Å². The predicted molar refractivity (Wildman–Crippen MR) is 80.5 cm³/mol. The van der Waals surface area contributed by atoms with Crippen molar-refractivity contribution in [1.29, 1.82) is 0 Å². The molecule has 1 unspecified atom stereocenters. The summed E-state index contributed by atoms with van der Waals surface area (Å²) in [4.78, 5) is 0. The molecule has 2 aromatic carbocycles. The molecule has 0 aliphatic rings. The Morgan fingerprint density at radius 1 is 0.947 bits per heavy atom. The van der Waals surface area contributed by atoms with Crippen molar-refractivity contribution >= 4 is 34.8 Å². The Bertz CT molecular complexity index is 601. The summed E-state index contributed by atoms with van der Waals surface area (Å²) in [6, 6.07) is 10.3. The molecule has 0 spiro atoms. The molecule has 100 valence electrons. The molecule has 0 saturated carbocycles. The van der Waals surface area contributed by atoms with E-state index in [2.05, 4.69) is 0 Å². The van der Waals surface area contributed by atoms with Crippen LogP contribution in [0.2, 0.25) is 15.1 Å². The summed E-state index contributed by atoms with van der Waals surface area (Å²) in [7, 11) is 1.59. The van der Waals surface area contributed by atoms with Gasteiger partial charge in [-0.1, -0.05) is 46.9 Å².